The Labute approximate surface area is 170 Å². The summed E-state index contributed by atoms with van der Waals surface area (Å²) in [4.78, 5) is 36.0. The highest BCUT2D eigenvalue weighted by molar-refractivity contribution is 7.12. The molecule has 1 aromatic heterocycles. The predicted octanol–water partition coefficient (Wildman–Crippen LogP) is 2.72. The Bertz CT molecular complexity index is 841. The minimum atomic E-state index is -0.609. The van der Waals surface area contributed by atoms with Crippen molar-refractivity contribution in [3.05, 3.63) is 39.5 Å². The average molecular weight is 427 g/mol. The maximum atomic E-state index is 12.0. The van der Waals surface area contributed by atoms with E-state index in [-0.39, 0.29) is 18.9 Å². The van der Waals surface area contributed by atoms with E-state index in [9.17, 15) is 14.4 Å². The lowest BCUT2D eigenvalue weighted by Gasteiger charge is -2.13. The quantitative estimate of drug-likeness (QED) is 0.597. The van der Waals surface area contributed by atoms with Gasteiger partial charge in [0.1, 0.15) is 11.5 Å². The zero-order valence-corrected chi connectivity index (χ0v) is 16.8. The van der Waals surface area contributed by atoms with Gasteiger partial charge in [0, 0.05) is 18.7 Å². The smallest absolute Gasteiger partial charge is 0.308 e. The van der Waals surface area contributed by atoms with Crippen LogP contribution in [0.2, 0.25) is 5.02 Å². The minimum absolute atomic E-state index is 0.0531. The number of carbonyl (C=O) groups excluding carboxylic acids is 3. The topological polar surface area (TPSA) is 103 Å². The van der Waals surface area contributed by atoms with Gasteiger partial charge in [0.25, 0.3) is 11.8 Å². The molecule has 2 rings (SSSR count). The zero-order chi connectivity index (χ0) is 20.5. The standard InChI is InChI=1S/C18H19ClN2O6S/c1-25-13-9-12(14(26-2)8-11(13)19)21-16(22)10-27-17(23)5-6-20-18(24)15-4-3-7-28-15/h3-4,7-9H,5-6,10H2,1-2H3,(H,20,24)(H,21,22). The number of hydrogen-bond acceptors (Lipinski definition) is 7. The first-order valence-corrected chi connectivity index (χ1v) is 9.39. The van der Waals surface area contributed by atoms with Crippen molar-refractivity contribution in [1.29, 1.82) is 0 Å². The molecular formula is C18H19ClN2O6S. The fraction of sp³-hybridized carbons (Fsp3) is 0.278. The maximum Gasteiger partial charge on any atom is 0.308 e. The second-order valence-corrected chi connectivity index (χ2v) is 6.73. The highest BCUT2D eigenvalue weighted by Crippen LogP contribution is 2.35. The lowest BCUT2D eigenvalue weighted by molar-refractivity contribution is -0.147. The van der Waals surface area contributed by atoms with Gasteiger partial charge in [-0.3, -0.25) is 14.4 Å². The molecule has 2 amide bonds. The second-order valence-electron chi connectivity index (χ2n) is 5.38. The van der Waals surface area contributed by atoms with E-state index in [1.165, 1.54) is 37.7 Å². The number of methoxy groups -OCH3 is 2. The van der Waals surface area contributed by atoms with Gasteiger partial charge >= 0.3 is 5.97 Å². The number of halogens is 1. The molecule has 2 N–H and O–H groups in total. The Morgan fingerprint density at radius 3 is 2.54 bits per heavy atom. The van der Waals surface area contributed by atoms with Gasteiger partial charge < -0.3 is 24.8 Å². The number of esters is 1. The van der Waals surface area contributed by atoms with Crippen molar-refractivity contribution in [2.45, 2.75) is 6.42 Å². The Kier molecular flexibility index (Phi) is 8.09. The first-order valence-electron chi connectivity index (χ1n) is 8.13. The van der Waals surface area contributed by atoms with Crippen LogP contribution in [-0.2, 0) is 14.3 Å². The number of hydrogen-bond donors (Lipinski definition) is 2. The van der Waals surface area contributed by atoms with Crippen LogP contribution in [0, 0.1) is 0 Å². The van der Waals surface area contributed by atoms with Crippen molar-refractivity contribution in [3.8, 4) is 11.5 Å². The molecule has 0 saturated carbocycles. The summed E-state index contributed by atoms with van der Waals surface area (Å²) in [5.74, 6) is -0.733. The summed E-state index contributed by atoms with van der Waals surface area (Å²) in [7, 11) is 2.87. The number of benzene rings is 1. The van der Waals surface area contributed by atoms with Crippen LogP contribution < -0.4 is 20.1 Å². The lowest BCUT2D eigenvalue weighted by Crippen LogP contribution is -2.27. The maximum absolute atomic E-state index is 12.0. The van der Waals surface area contributed by atoms with E-state index in [1.807, 2.05) is 0 Å². The molecule has 0 fully saturated rings. The van der Waals surface area contributed by atoms with Crippen molar-refractivity contribution in [2.24, 2.45) is 0 Å². The highest BCUT2D eigenvalue weighted by Gasteiger charge is 2.14. The highest BCUT2D eigenvalue weighted by atomic mass is 35.5. The van der Waals surface area contributed by atoms with Crippen LogP contribution in [0.25, 0.3) is 0 Å². The largest absolute Gasteiger partial charge is 0.495 e. The number of rotatable bonds is 9. The second kappa shape index (κ2) is 10.5. The van der Waals surface area contributed by atoms with Crippen LogP contribution in [0.15, 0.2) is 29.6 Å². The third-order valence-electron chi connectivity index (χ3n) is 3.47. The van der Waals surface area contributed by atoms with Gasteiger partial charge in [0.05, 0.1) is 36.2 Å². The van der Waals surface area contributed by atoms with Gasteiger partial charge in [-0.25, -0.2) is 0 Å². The Morgan fingerprint density at radius 2 is 1.89 bits per heavy atom. The Hall–Kier alpha value is -2.78. The van der Waals surface area contributed by atoms with E-state index in [0.717, 1.165) is 0 Å². The molecule has 0 saturated heterocycles. The first kappa shape index (κ1) is 21.5. The number of carbonyl (C=O) groups is 3. The summed E-state index contributed by atoms with van der Waals surface area (Å²) in [5.41, 5.74) is 0.327. The van der Waals surface area contributed by atoms with E-state index in [4.69, 9.17) is 25.8 Å². The third kappa shape index (κ3) is 6.14. The summed E-state index contributed by atoms with van der Waals surface area (Å²) >= 11 is 7.31. The third-order valence-corrected chi connectivity index (χ3v) is 4.64. The summed E-state index contributed by atoms with van der Waals surface area (Å²) in [6, 6.07) is 6.44. The van der Waals surface area contributed by atoms with Gasteiger partial charge in [-0.2, -0.15) is 0 Å². The molecule has 2 aromatic rings. The molecule has 8 nitrogen and oxygen atoms in total. The first-order chi connectivity index (χ1) is 13.4. The molecule has 0 aliphatic heterocycles. The summed E-state index contributed by atoms with van der Waals surface area (Å²) in [6.45, 7) is -0.370. The number of nitrogens with one attached hydrogen (secondary N) is 2. The fourth-order valence-electron chi connectivity index (χ4n) is 2.14. The monoisotopic (exact) mass is 426 g/mol. The van der Waals surface area contributed by atoms with Gasteiger partial charge in [-0.15, -0.1) is 11.3 Å². The molecule has 1 heterocycles. The lowest BCUT2D eigenvalue weighted by atomic mass is 10.2. The molecule has 0 aliphatic carbocycles. The van der Waals surface area contributed by atoms with Crippen LogP contribution >= 0.6 is 22.9 Å². The van der Waals surface area contributed by atoms with Crippen molar-refractivity contribution in [1.82, 2.24) is 5.32 Å². The summed E-state index contributed by atoms with van der Waals surface area (Å²) < 4.78 is 15.2. The Morgan fingerprint density at radius 1 is 1.14 bits per heavy atom. The molecule has 0 unspecified atom stereocenters. The molecule has 0 atom stereocenters. The Balaban J connectivity index is 1.77. The van der Waals surface area contributed by atoms with Crippen molar-refractivity contribution in [2.75, 3.05) is 32.7 Å². The molecule has 0 radical (unpaired) electrons. The predicted molar refractivity (Wildman–Crippen MR) is 105 cm³/mol. The zero-order valence-electron chi connectivity index (χ0n) is 15.2. The van der Waals surface area contributed by atoms with Crippen molar-refractivity contribution < 1.29 is 28.6 Å². The molecule has 150 valence electrons. The molecule has 0 bridgehead atoms. The number of anilines is 1. The van der Waals surface area contributed by atoms with Crippen LogP contribution in [0.3, 0.4) is 0 Å². The molecule has 10 heteroatoms. The van der Waals surface area contributed by atoms with E-state index < -0.39 is 18.5 Å². The fourth-order valence-corrected chi connectivity index (χ4v) is 3.01. The van der Waals surface area contributed by atoms with Gasteiger partial charge in [0.15, 0.2) is 6.61 Å². The number of thiophene rings is 1. The van der Waals surface area contributed by atoms with Crippen LogP contribution in [0.5, 0.6) is 11.5 Å². The van der Waals surface area contributed by atoms with Gasteiger partial charge in [0.2, 0.25) is 0 Å². The molecule has 0 aliphatic rings. The minimum Gasteiger partial charge on any atom is -0.495 e. The number of amides is 2. The van der Waals surface area contributed by atoms with E-state index in [0.29, 0.717) is 27.1 Å². The van der Waals surface area contributed by atoms with Crippen LogP contribution in [-0.4, -0.2) is 45.2 Å². The molecule has 28 heavy (non-hydrogen) atoms. The SMILES string of the molecule is COc1cc(NC(=O)COC(=O)CCNC(=O)c2cccs2)c(OC)cc1Cl. The summed E-state index contributed by atoms with van der Waals surface area (Å²) in [6.07, 6.45) is -0.0531. The van der Waals surface area contributed by atoms with Gasteiger partial charge in [-0.05, 0) is 11.4 Å². The van der Waals surface area contributed by atoms with E-state index in [2.05, 4.69) is 10.6 Å². The number of ether oxygens (including phenoxy) is 3. The van der Waals surface area contributed by atoms with E-state index >= 15 is 0 Å². The normalized spacial score (nSPS) is 10.1. The molecule has 0 spiro atoms. The molecule has 1 aromatic carbocycles. The van der Waals surface area contributed by atoms with Crippen LogP contribution in [0.4, 0.5) is 5.69 Å². The summed E-state index contributed by atoms with van der Waals surface area (Å²) in [5, 5.41) is 7.28. The van der Waals surface area contributed by atoms with Crippen LogP contribution in [0.1, 0.15) is 16.1 Å². The van der Waals surface area contributed by atoms with E-state index in [1.54, 1.807) is 17.5 Å². The molecular weight excluding hydrogens is 408 g/mol. The average Bonchev–Trinajstić information content (AvgIpc) is 3.22. The van der Waals surface area contributed by atoms with Crippen molar-refractivity contribution in [3.63, 3.8) is 0 Å². The van der Waals surface area contributed by atoms with Crippen molar-refractivity contribution >= 4 is 46.4 Å². The van der Waals surface area contributed by atoms with Gasteiger partial charge in [-0.1, -0.05) is 17.7 Å².